The molecule has 1 aliphatic heterocycles. The summed E-state index contributed by atoms with van der Waals surface area (Å²) in [6.07, 6.45) is 4.06. The summed E-state index contributed by atoms with van der Waals surface area (Å²) >= 11 is 3.43. The van der Waals surface area contributed by atoms with Crippen LogP contribution in [0, 0.1) is 0 Å². The van der Waals surface area contributed by atoms with Crippen LogP contribution in [0.5, 0.6) is 0 Å². The van der Waals surface area contributed by atoms with Crippen LogP contribution in [0.3, 0.4) is 0 Å². The summed E-state index contributed by atoms with van der Waals surface area (Å²) in [7, 11) is 0. The van der Waals surface area contributed by atoms with Gasteiger partial charge in [-0.2, -0.15) is 0 Å². The van der Waals surface area contributed by atoms with E-state index in [0.717, 1.165) is 47.6 Å². The Morgan fingerprint density at radius 1 is 1.17 bits per heavy atom. The molecule has 1 fully saturated rings. The second-order valence-electron chi connectivity index (χ2n) is 4.59. The summed E-state index contributed by atoms with van der Waals surface area (Å²) < 4.78 is 6.97. The second-order valence-corrected chi connectivity index (χ2v) is 5.51. The van der Waals surface area contributed by atoms with Crippen LogP contribution in [0.1, 0.15) is 24.7 Å². The van der Waals surface area contributed by atoms with Crippen molar-refractivity contribution < 1.29 is 4.42 Å². The van der Waals surface area contributed by atoms with E-state index in [2.05, 4.69) is 26.2 Å². The molecule has 3 nitrogen and oxygen atoms in total. The molecule has 0 aliphatic carbocycles. The normalized spacial score (nSPS) is 16.9. The molecule has 1 N–H and O–H groups in total. The maximum absolute atomic E-state index is 5.89. The van der Waals surface area contributed by atoms with E-state index >= 15 is 0 Å². The van der Waals surface area contributed by atoms with E-state index < -0.39 is 0 Å². The number of rotatable bonds is 2. The van der Waals surface area contributed by atoms with Crippen molar-refractivity contribution in [3.8, 4) is 11.3 Å². The lowest BCUT2D eigenvalue weighted by molar-refractivity contribution is 0.378. The molecule has 0 radical (unpaired) electrons. The lowest BCUT2D eigenvalue weighted by atomic mass is 9.98. The Hall–Kier alpha value is -1.13. The molecule has 3 rings (SSSR count). The van der Waals surface area contributed by atoms with Gasteiger partial charge in [0.05, 0.1) is 6.20 Å². The van der Waals surface area contributed by atoms with Gasteiger partial charge >= 0.3 is 0 Å². The third-order valence-corrected chi connectivity index (χ3v) is 3.87. The number of piperidine rings is 1. The molecular weight excluding hydrogens is 292 g/mol. The molecule has 94 valence electrons. The SMILES string of the molecule is Brc1ccc(-c2cnc(C3CCNCC3)o2)cc1. The molecule has 1 aromatic heterocycles. The fourth-order valence-electron chi connectivity index (χ4n) is 2.29. The summed E-state index contributed by atoms with van der Waals surface area (Å²) in [6, 6.07) is 8.11. The fraction of sp³-hybridized carbons (Fsp3) is 0.357. The molecule has 18 heavy (non-hydrogen) atoms. The van der Waals surface area contributed by atoms with Crippen molar-refractivity contribution >= 4 is 15.9 Å². The largest absolute Gasteiger partial charge is 0.440 e. The maximum Gasteiger partial charge on any atom is 0.198 e. The number of aromatic nitrogens is 1. The van der Waals surface area contributed by atoms with E-state index in [1.54, 1.807) is 0 Å². The molecule has 1 aromatic carbocycles. The van der Waals surface area contributed by atoms with Crippen molar-refractivity contribution in [2.24, 2.45) is 0 Å². The third kappa shape index (κ3) is 2.49. The van der Waals surface area contributed by atoms with Crippen molar-refractivity contribution in [2.75, 3.05) is 13.1 Å². The zero-order valence-electron chi connectivity index (χ0n) is 10.0. The zero-order chi connectivity index (χ0) is 12.4. The molecule has 0 unspecified atom stereocenters. The van der Waals surface area contributed by atoms with E-state index in [-0.39, 0.29) is 0 Å². The minimum absolute atomic E-state index is 0.468. The van der Waals surface area contributed by atoms with Gasteiger partial charge in [0.2, 0.25) is 0 Å². The maximum atomic E-state index is 5.89. The van der Waals surface area contributed by atoms with Crippen LogP contribution in [-0.4, -0.2) is 18.1 Å². The van der Waals surface area contributed by atoms with Gasteiger partial charge < -0.3 is 9.73 Å². The standard InChI is InChI=1S/C14H15BrN2O/c15-12-3-1-10(2-4-12)13-9-17-14(18-13)11-5-7-16-8-6-11/h1-4,9,11,16H,5-8H2. The van der Waals surface area contributed by atoms with Crippen molar-refractivity contribution in [2.45, 2.75) is 18.8 Å². The Morgan fingerprint density at radius 3 is 2.61 bits per heavy atom. The third-order valence-electron chi connectivity index (χ3n) is 3.34. The monoisotopic (exact) mass is 306 g/mol. The highest BCUT2D eigenvalue weighted by Gasteiger charge is 2.20. The minimum Gasteiger partial charge on any atom is -0.440 e. The first kappa shape index (κ1) is 11.9. The van der Waals surface area contributed by atoms with E-state index in [9.17, 15) is 0 Å². The van der Waals surface area contributed by atoms with Gasteiger partial charge in [0.25, 0.3) is 0 Å². The summed E-state index contributed by atoms with van der Waals surface area (Å²) in [5.41, 5.74) is 1.07. The Morgan fingerprint density at radius 2 is 1.89 bits per heavy atom. The summed E-state index contributed by atoms with van der Waals surface area (Å²) in [6.45, 7) is 2.11. The van der Waals surface area contributed by atoms with Gasteiger partial charge in [-0.25, -0.2) is 4.98 Å². The highest BCUT2D eigenvalue weighted by atomic mass is 79.9. The Balaban J connectivity index is 1.82. The van der Waals surface area contributed by atoms with Gasteiger partial charge in [0.15, 0.2) is 11.7 Å². The molecule has 0 amide bonds. The van der Waals surface area contributed by atoms with E-state index in [1.807, 2.05) is 30.5 Å². The molecule has 2 heterocycles. The number of nitrogens with one attached hydrogen (secondary N) is 1. The van der Waals surface area contributed by atoms with Crippen LogP contribution >= 0.6 is 15.9 Å². The predicted octanol–water partition coefficient (Wildman–Crippen LogP) is 3.57. The summed E-state index contributed by atoms with van der Waals surface area (Å²) in [4.78, 5) is 4.43. The molecule has 0 atom stereocenters. The lowest BCUT2D eigenvalue weighted by Crippen LogP contribution is -2.26. The lowest BCUT2D eigenvalue weighted by Gasteiger charge is -2.19. The molecule has 0 bridgehead atoms. The molecule has 1 aliphatic rings. The quantitative estimate of drug-likeness (QED) is 0.921. The summed E-state index contributed by atoms with van der Waals surface area (Å²) in [5.74, 6) is 2.21. The minimum atomic E-state index is 0.468. The van der Waals surface area contributed by atoms with Gasteiger partial charge in [0.1, 0.15) is 0 Å². The van der Waals surface area contributed by atoms with Gasteiger partial charge in [-0.1, -0.05) is 28.1 Å². The predicted molar refractivity (Wildman–Crippen MR) is 74.5 cm³/mol. The molecule has 0 saturated carbocycles. The zero-order valence-corrected chi connectivity index (χ0v) is 11.6. The van der Waals surface area contributed by atoms with Gasteiger partial charge in [-0.3, -0.25) is 0 Å². The molecular formula is C14H15BrN2O. The Labute approximate surface area is 115 Å². The molecule has 1 saturated heterocycles. The number of benzene rings is 1. The van der Waals surface area contributed by atoms with Crippen LogP contribution in [0.4, 0.5) is 0 Å². The topological polar surface area (TPSA) is 38.1 Å². The van der Waals surface area contributed by atoms with Crippen molar-refractivity contribution in [3.05, 3.63) is 40.8 Å². The highest BCUT2D eigenvalue weighted by molar-refractivity contribution is 9.10. The van der Waals surface area contributed by atoms with Crippen molar-refractivity contribution in [3.63, 3.8) is 0 Å². The number of halogens is 1. The first-order chi connectivity index (χ1) is 8.83. The first-order valence-corrected chi connectivity index (χ1v) is 7.04. The van der Waals surface area contributed by atoms with Gasteiger partial charge in [0, 0.05) is 16.0 Å². The highest BCUT2D eigenvalue weighted by Crippen LogP contribution is 2.29. The van der Waals surface area contributed by atoms with Crippen LogP contribution in [0.2, 0.25) is 0 Å². The number of hydrogen-bond acceptors (Lipinski definition) is 3. The van der Waals surface area contributed by atoms with Crippen molar-refractivity contribution in [1.82, 2.24) is 10.3 Å². The average Bonchev–Trinajstić information content (AvgIpc) is 2.90. The second kappa shape index (κ2) is 5.24. The molecule has 4 heteroatoms. The number of nitrogens with zero attached hydrogens (tertiary/aromatic N) is 1. The molecule has 0 spiro atoms. The summed E-state index contributed by atoms with van der Waals surface area (Å²) in [5, 5.41) is 3.35. The number of hydrogen-bond donors (Lipinski definition) is 1. The van der Waals surface area contributed by atoms with Gasteiger partial charge in [-0.05, 0) is 38.1 Å². The van der Waals surface area contributed by atoms with Crippen LogP contribution in [-0.2, 0) is 0 Å². The molecule has 2 aromatic rings. The smallest absolute Gasteiger partial charge is 0.198 e. The van der Waals surface area contributed by atoms with Crippen LogP contribution in [0.15, 0.2) is 39.4 Å². The van der Waals surface area contributed by atoms with E-state index in [0.29, 0.717) is 5.92 Å². The average molecular weight is 307 g/mol. The van der Waals surface area contributed by atoms with Crippen molar-refractivity contribution in [1.29, 1.82) is 0 Å². The fourth-order valence-corrected chi connectivity index (χ4v) is 2.56. The number of oxazole rings is 1. The van der Waals surface area contributed by atoms with E-state index in [4.69, 9.17) is 4.42 Å². The van der Waals surface area contributed by atoms with Crippen LogP contribution in [0.25, 0.3) is 11.3 Å². The first-order valence-electron chi connectivity index (χ1n) is 6.25. The Bertz CT molecular complexity index is 515. The Kier molecular flexibility index (Phi) is 3.48. The van der Waals surface area contributed by atoms with Gasteiger partial charge in [-0.15, -0.1) is 0 Å². The van der Waals surface area contributed by atoms with E-state index in [1.165, 1.54) is 0 Å². The van der Waals surface area contributed by atoms with Crippen LogP contribution < -0.4 is 5.32 Å².